The van der Waals surface area contributed by atoms with Crippen LogP contribution in [0.25, 0.3) is 0 Å². The Bertz CT molecular complexity index is 849. The minimum Gasteiger partial charge on any atom is -0.496 e. The molecule has 0 radical (unpaired) electrons. The molecule has 0 amide bonds. The Morgan fingerprint density at radius 2 is 2.06 bits per heavy atom. The van der Waals surface area contributed by atoms with E-state index in [0.717, 1.165) is 57.3 Å². The van der Waals surface area contributed by atoms with Crippen LogP contribution in [0.5, 0.6) is 5.75 Å². The highest BCUT2D eigenvalue weighted by molar-refractivity contribution is 14.0. The quantitative estimate of drug-likeness (QED) is 0.268. The van der Waals surface area contributed by atoms with Crippen molar-refractivity contribution in [2.24, 2.45) is 10.9 Å². The lowest BCUT2D eigenvalue weighted by molar-refractivity contribution is 0.176. The van der Waals surface area contributed by atoms with Crippen molar-refractivity contribution >= 4 is 41.3 Å². The summed E-state index contributed by atoms with van der Waals surface area (Å²) in [4.78, 5) is 11.6. The molecule has 1 aliphatic rings. The number of piperidine rings is 1. The number of guanidine groups is 1. The first-order valence-corrected chi connectivity index (χ1v) is 12.2. The largest absolute Gasteiger partial charge is 0.496 e. The van der Waals surface area contributed by atoms with Crippen molar-refractivity contribution in [2.75, 3.05) is 40.3 Å². The maximum absolute atomic E-state index is 5.42. The summed E-state index contributed by atoms with van der Waals surface area (Å²) in [5.74, 6) is 2.53. The molecule has 0 saturated carbocycles. The second kappa shape index (κ2) is 14.0. The third kappa shape index (κ3) is 8.19. The highest BCUT2D eigenvalue weighted by Gasteiger charge is 2.20. The van der Waals surface area contributed by atoms with Gasteiger partial charge in [0.05, 0.1) is 17.8 Å². The van der Waals surface area contributed by atoms with Crippen LogP contribution in [0, 0.1) is 12.8 Å². The average Bonchev–Trinajstić information content (AvgIpc) is 3.25. The molecule has 6 nitrogen and oxygen atoms in total. The standard InChI is InChI=1S/C24H37N5OS.HI/c1-5-23-28-21(17-31-23)16-29-12-9-20(10-13-29)15-27-24(25-3)26-11-8-19-7-6-18(2)22(14-19)30-4;/h6-7,14,17,20H,5,8-13,15-16H2,1-4H3,(H2,25,26,27);1H. The molecule has 178 valence electrons. The smallest absolute Gasteiger partial charge is 0.190 e. The summed E-state index contributed by atoms with van der Waals surface area (Å²) in [6.07, 6.45) is 4.41. The third-order valence-corrected chi connectivity index (χ3v) is 7.00. The van der Waals surface area contributed by atoms with Gasteiger partial charge in [-0.05, 0) is 68.8 Å². The maximum atomic E-state index is 5.42. The molecule has 1 aromatic carbocycles. The molecule has 2 N–H and O–H groups in total. The summed E-state index contributed by atoms with van der Waals surface area (Å²) in [5, 5.41) is 10.4. The minimum atomic E-state index is 0. The Balaban J connectivity index is 0.00000363. The molecule has 1 aliphatic heterocycles. The lowest BCUT2D eigenvalue weighted by atomic mass is 9.97. The van der Waals surface area contributed by atoms with E-state index >= 15 is 0 Å². The van der Waals surface area contributed by atoms with Gasteiger partial charge in [0.2, 0.25) is 0 Å². The molecule has 1 aromatic heterocycles. The predicted octanol–water partition coefficient (Wildman–Crippen LogP) is 4.26. The van der Waals surface area contributed by atoms with Crippen LogP contribution in [-0.2, 0) is 19.4 Å². The minimum absolute atomic E-state index is 0. The van der Waals surface area contributed by atoms with E-state index in [9.17, 15) is 0 Å². The molecule has 0 unspecified atom stereocenters. The first-order valence-electron chi connectivity index (χ1n) is 11.3. The normalized spacial score (nSPS) is 15.3. The van der Waals surface area contributed by atoms with E-state index in [1.807, 2.05) is 7.05 Å². The molecule has 0 bridgehead atoms. The van der Waals surface area contributed by atoms with Gasteiger partial charge in [-0.1, -0.05) is 19.1 Å². The van der Waals surface area contributed by atoms with Gasteiger partial charge >= 0.3 is 0 Å². The monoisotopic (exact) mass is 571 g/mol. The number of methoxy groups -OCH3 is 1. The SMILES string of the molecule is CCc1nc(CN2CCC(CNC(=NC)NCCc3ccc(C)c(OC)c3)CC2)cs1.I. The number of thiazole rings is 1. The summed E-state index contributed by atoms with van der Waals surface area (Å²) >= 11 is 1.79. The lowest BCUT2D eigenvalue weighted by Crippen LogP contribution is -2.43. The topological polar surface area (TPSA) is 61.8 Å². The summed E-state index contributed by atoms with van der Waals surface area (Å²) in [6.45, 7) is 9.34. The molecular weight excluding hydrogens is 533 g/mol. The summed E-state index contributed by atoms with van der Waals surface area (Å²) in [6, 6.07) is 6.40. The number of nitrogens with one attached hydrogen (secondary N) is 2. The Kier molecular flexibility index (Phi) is 11.7. The number of nitrogens with zero attached hydrogens (tertiary/aromatic N) is 3. The molecule has 1 fully saturated rings. The highest BCUT2D eigenvalue weighted by Crippen LogP contribution is 2.20. The molecule has 32 heavy (non-hydrogen) atoms. The van der Waals surface area contributed by atoms with Crippen molar-refractivity contribution in [1.82, 2.24) is 20.5 Å². The summed E-state index contributed by atoms with van der Waals surface area (Å²) in [7, 11) is 3.56. The Hall–Kier alpha value is -1.39. The van der Waals surface area contributed by atoms with E-state index in [1.54, 1.807) is 18.4 Å². The van der Waals surface area contributed by atoms with Crippen molar-refractivity contribution in [3.63, 3.8) is 0 Å². The van der Waals surface area contributed by atoms with Gasteiger partial charge in [-0.2, -0.15) is 0 Å². The number of benzene rings is 1. The van der Waals surface area contributed by atoms with Crippen LogP contribution >= 0.6 is 35.3 Å². The number of hydrogen-bond acceptors (Lipinski definition) is 5. The fourth-order valence-corrected chi connectivity index (χ4v) is 4.70. The number of aliphatic imine (C=N–C) groups is 1. The lowest BCUT2D eigenvalue weighted by Gasteiger charge is -2.31. The number of hydrogen-bond donors (Lipinski definition) is 2. The van der Waals surface area contributed by atoms with Crippen LogP contribution in [0.1, 0.15) is 41.6 Å². The first-order chi connectivity index (χ1) is 15.1. The number of aromatic nitrogens is 1. The van der Waals surface area contributed by atoms with Crippen molar-refractivity contribution in [3.05, 3.63) is 45.4 Å². The fourth-order valence-electron chi connectivity index (χ4n) is 3.97. The van der Waals surface area contributed by atoms with E-state index < -0.39 is 0 Å². The molecule has 0 spiro atoms. The van der Waals surface area contributed by atoms with Crippen molar-refractivity contribution in [2.45, 2.75) is 46.1 Å². The van der Waals surface area contributed by atoms with Crippen LogP contribution < -0.4 is 15.4 Å². The van der Waals surface area contributed by atoms with Gasteiger partial charge in [0.25, 0.3) is 0 Å². The van der Waals surface area contributed by atoms with Crippen LogP contribution in [0.3, 0.4) is 0 Å². The number of halogens is 1. The molecule has 1 saturated heterocycles. The van der Waals surface area contributed by atoms with Gasteiger partial charge in [-0.15, -0.1) is 35.3 Å². The molecular formula is C24H38IN5OS. The van der Waals surface area contributed by atoms with Crippen LogP contribution in [0.4, 0.5) is 0 Å². The predicted molar refractivity (Wildman–Crippen MR) is 146 cm³/mol. The van der Waals surface area contributed by atoms with Crippen LogP contribution in [-0.4, -0.2) is 56.2 Å². The summed E-state index contributed by atoms with van der Waals surface area (Å²) < 4.78 is 5.42. The zero-order chi connectivity index (χ0) is 22.1. The average molecular weight is 572 g/mol. The molecule has 3 rings (SSSR count). The van der Waals surface area contributed by atoms with Crippen molar-refractivity contribution in [1.29, 1.82) is 0 Å². The Morgan fingerprint density at radius 3 is 2.72 bits per heavy atom. The van der Waals surface area contributed by atoms with Gasteiger partial charge in [0.1, 0.15) is 5.75 Å². The van der Waals surface area contributed by atoms with Gasteiger partial charge in [-0.3, -0.25) is 9.89 Å². The Morgan fingerprint density at radius 1 is 1.28 bits per heavy atom. The summed E-state index contributed by atoms with van der Waals surface area (Å²) in [5.41, 5.74) is 3.66. The molecule has 8 heteroatoms. The van der Waals surface area contributed by atoms with E-state index in [1.165, 1.54) is 34.7 Å². The van der Waals surface area contributed by atoms with Crippen molar-refractivity contribution < 1.29 is 4.74 Å². The second-order valence-corrected chi connectivity index (χ2v) is 9.18. The van der Waals surface area contributed by atoms with E-state index in [4.69, 9.17) is 9.72 Å². The van der Waals surface area contributed by atoms with Gasteiger partial charge < -0.3 is 15.4 Å². The van der Waals surface area contributed by atoms with E-state index in [-0.39, 0.29) is 24.0 Å². The number of likely N-dealkylation sites (tertiary alicyclic amines) is 1. The first kappa shape index (κ1) is 26.9. The zero-order valence-electron chi connectivity index (χ0n) is 19.8. The van der Waals surface area contributed by atoms with Crippen LogP contribution in [0.15, 0.2) is 28.6 Å². The number of rotatable bonds is 9. The van der Waals surface area contributed by atoms with Crippen LogP contribution in [0.2, 0.25) is 0 Å². The Labute approximate surface area is 214 Å². The van der Waals surface area contributed by atoms with Gasteiger partial charge in [-0.25, -0.2) is 4.98 Å². The number of aryl methyl sites for hydroxylation is 2. The fraction of sp³-hybridized carbons (Fsp3) is 0.583. The molecule has 2 aromatic rings. The van der Waals surface area contributed by atoms with Gasteiger partial charge in [0, 0.05) is 32.1 Å². The molecule has 0 atom stereocenters. The zero-order valence-corrected chi connectivity index (χ0v) is 23.0. The van der Waals surface area contributed by atoms with Crippen molar-refractivity contribution in [3.8, 4) is 5.75 Å². The maximum Gasteiger partial charge on any atom is 0.190 e. The van der Waals surface area contributed by atoms with Gasteiger partial charge in [0.15, 0.2) is 5.96 Å². The van der Waals surface area contributed by atoms with E-state index in [2.05, 4.69) is 58.0 Å². The molecule has 2 heterocycles. The second-order valence-electron chi connectivity index (χ2n) is 8.24. The molecule has 0 aliphatic carbocycles. The number of ether oxygens (including phenoxy) is 1. The van der Waals surface area contributed by atoms with E-state index in [0.29, 0.717) is 5.92 Å². The highest BCUT2D eigenvalue weighted by atomic mass is 127. The third-order valence-electron chi connectivity index (χ3n) is 5.95.